The van der Waals surface area contributed by atoms with Gasteiger partial charge < -0.3 is 26.5 Å². The molecule has 2 amide bonds. The first-order valence-electron chi connectivity index (χ1n) is 8.32. The number of hydrogen-bond donors (Lipinski definition) is 4. The summed E-state index contributed by atoms with van der Waals surface area (Å²) >= 11 is 1.47. The Morgan fingerprint density at radius 1 is 1.22 bits per heavy atom. The molecule has 3 rings (SSSR count). The van der Waals surface area contributed by atoms with Gasteiger partial charge in [-0.25, -0.2) is 4.79 Å². The molecule has 3 aromatic rings. The highest BCUT2D eigenvalue weighted by Gasteiger charge is 2.17. The molecule has 27 heavy (non-hydrogen) atoms. The molecule has 0 radical (unpaired) electrons. The summed E-state index contributed by atoms with van der Waals surface area (Å²) in [7, 11) is 0. The molecule has 0 saturated heterocycles. The minimum absolute atomic E-state index is 0.223. The number of carbonyl (C=O) groups excluding carboxylic acids is 2. The van der Waals surface area contributed by atoms with Crippen molar-refractivity contribution in [2.24, 2.45) is 11.5 Å². The largest absolute Gasteiger partial charge is 0.411 e. The van der Waals surface area contributed by atoms with Gasteiger partial charge in [-0.15, -0.1) is 0 Å². The van der Waals surface area contributed by atoms with E-state index in [-0.39, 0.29) is 5.91 Å². The summed E-state index contributed by atoms with van der Waals surface area (Å²) in [5, 5.41) is 3.66. The summed E-state index contributed by atoms with van der Waals surface area (Å²) in [6.45, 7) is 1.98. The molecule has 2 aromatic carbocycles. The zero-order valence-electron chi connectivity index (χ0n) is 14.7. The lowest BCUT2D eigenvalue weighted by atomic mass is 10.1. The number of H-pyrrole nitrogens is 1. The molecule has 0 fully saturated rings. The van der Waals surface area contributed by atoms with Gasteiger partial charge in [0.15, 0.2) is 0 Å². The molecule has 0 bridgehead atoms. The second-order valence-corrected chi connectivity index (χ2v) is 7.09. The monoisotopic (exact) mass is 384 g/mol. The van der Waals surface area contributed by atoms with Crippen LogP contribution in [0.5, 0.6) is 5.88 Å². The minimum atomic E-state index is -0.888. The van der Waals surface area contributed by atoms with Gasteiger partial charge in [0.05, 0.1) is 10.9 Å². The molecule has 0 aliphatic heterocycles. The predicted octanol–water partition coefficient (Wildman–Crippen LogP) is 2.74. The number of ether oxygens (including phenoxy) is 1. The molecule has 1 unspecified atom stereocenters. The Bertz CT molecular complexity index is 970. The summed E-state index contributed by atoms with van der Waals surface area (Å²) < 4.78 is 5.15. The van der Waals surface area contributed by atoms with Gasteiger partial charge in [-0.2, -0.15) is 0 Å². The molecule has 1 aromatic heterocycles. The van der Waals surface area contributed by atoms with E-state index >= 15 is 0 Å². The molecule has 0 aliphatic carbocycles. The molecule has 0 spiro atoms. The Labute approximate surface area is 160 Å². The zero-order chi connectivity index (χ0) is 19.4. The van der Waals surface area contributed by atoms with Crippen molar-refractivity contribution in [3.8, 4) is 5.88 Å². The van der Waals surface area contributed by atoms with Crippen molar-refractivity contribution in [1.82, 2.24) is 10.3 Å². The molecule has 1 heterocycles. The van der Waals surface area contributed by atoms with Crippen LogP contribution in [0.3, 0.4) is 0 Å². The van der Waals surface area contributed by atoms with E-state index < -0.39 is 12.1 Å². The Balaban J connectivity index is 1.92. The molecule has 7 nitrogen and oxygen atoms in total. The summed E-state index contributed by atoms with van der Waals surface area (Å²) in [6, 6.07) is 14.9. The van der Waals surface area contributed by atoms with Gasteiger partial charge in [-0.3, -0.25) is 4.79 Å². The SMILES string of the molecule is CC(N)C(=O)NCc1ccc2c(Sc3ccccc3)c(OC(N)=O)[nH]c2c1. The van der Waals surface area contributed by atoms with Gasteiger partial charge in [0, 0.05) is 22.3 Å². The van der Waals surface area contributed by atoms with E-state index in [0.717, 1.165) is 26.3 Å². The topological polar surface area (TPSA) is 123 Å². The fraction of sp³-hybridized carbons (Fsp3) is 0.158. The highest BCUT2D eigenvalue weighted by Crippen LogP contribution is 2.40. The van der Waals surface area contributed by atoms with Gasteiger partial charge in [-0.05, 0) is 30.7 Å². The van der Waals surface area contributed by atoms with Crippen LogP contribution in [0, 0.1) is 0 Å². The maximum atomic E-state index is 11.6. The number of benzene rings is 2. The lowest BCUT2D eigenvalue weighted by molar-refractivity contribution is -0.122. The number of aromatic amines is 1. The quantitative estimate of drug-likeness (QED) is 0.520. The van der Waals surface area contributed by atoms with Gasteiger partial charge >= 0.3 is 6.09 Å². The van der Waals surface area contributed by atoms with E-state index in [2.05, 4.69) is 10.3 Å². The predicted molar refractivity (Wildman–Crippen MR) is 105 cm³/mol. The standard InChI is InChI=1S/C19H20N4O3S/c1-11(20)17(24)22-10-12-7-8-14-15(9-12)23-18(26-19(21)25)16(14)27-13-5-3-2-4-6-13/h2-9,11,23H,10,20H2,1H3,(H2,21,25)(H,22,24). The maximum absolute atomic E-state index is 11.6. The van der Waals surface area contributed by atoms with Crippen molar-refractivity contribution in [3.05, 3.63) is 54.1 Å². The Kier molecular flexibility index (Phi) is 5.68. The lowest BCUT2D eigenvalue weighted by Crippen LogP contribution is -2.37. The number of hydrogen-bond acceptors (Lipinski definition) is 5. The molecule has 0 aliphatic rings. The van der Waals surface area contributed by atoms with E-state index in [4.69, 9.17) is 16.2 Å². The second-order valence-electron chi connectivity index (χ2n) is 6.01. The summed E-state index contributed by atoms with van der Waals surface area (Å²) in [6.07, 6.45) is -0.888. The van der Waals surface area contributed by atoms with Gasteiger partial charge in [0.1, 0.15) is 0 Å². The molecule has 6 N–H and O–H groups in total. The van der Waals surface area contributed by atoms with Crippen molar-refractivity contribution in [2.75, 3.05) is 0 Å². The Hall–Kier alpha value is -2.97. The van der Waals surface area contributed by atoms with Crippen LogP contribution in [0.4, 0.5) is 4.79 Å². The number of fused-ring (bicyclic) bond motifs is 1. The Morgan fingerprint density at radius 3 is 2.63 bits per heavy atom. The van der Waals surface area contributed by atoms with Crippen LogP contribution >= 0.6 is 11.8 Å². The number of rotatable bonds is 6. The fourth-order valence-corrected chi connectivity index (χ4v) is 3.54. The van der Waals surface area contributed by atoms with Gasteiger partial charge in [0.2, 0.25) is 11.8 Å². The van der Waals surface area contributed by atoms with Crippen LogP contribution in [0.2, 0.25) is 0 Å². The van der Waals surface area contributed by atoms with Crippen molar-refractivity contribution in [1.29, 1.82) is 0 Å². The van der Waals surface area contributed by atoms with Crippen LogP contribution in [0.15, 0.2) is 58.3 Å². The Morgan fingerprint density at radius 2 is 1.96 bits per heavy atom. The van der Waals surface area contributed by atoms with Gasteiger partial charge in [-0.1, -0.05) is 42.1 Å². The molecule has 0 saturated carbocycles. The van der Waals surface area contributed by atoms with Crippen molar-refractivity contribution in [3.63, 3.8) is 0 Å². The third-order valence-corrected chi connectivity index (χ3v) is 4.95. The average molecular weight is 384 g/mol. The summed E-state index contributed by atoms with van der Waals surface area (Å²) in [5.41, 5.74) is 12.4. The van der Waals surface area contributed by atoms with E-state index in [0.29, 0.717) is 12.4 Å². The second kappa shape index (κ2) is 8.15. The normalized spacial score (nSPS) is 11.9. The molecular weight excluding hydrogens is 364 g/mol. The first kappa shape index (κ1) is 18.8. The van der Waals surface area contributed by atoms with E-state index in [1.54, 1.807) is 6.92 Å². The number of aromatic nitrogens is 1. The number of primary amides is 1. The van der Waals surface area contributed by atoms with Crippen molar-refractivity contribution < 1.29 is 14.3 Å². The third kappa shape index (κ3) is 4.60. The number of amides is 2. The number of nitrogens with two attached hydrogens (primary N) is 2. The van der Waals surface area contributed by atoms with Gasteiger partial charge in [0.25, 0.3) is 0 Å². The summed E-state index contributed by atoms with van der Waals surface area (Å²) in [4.78, 5) is 27.8. The smallest absolute Gasteiger partial charge is 0.392 e. The van der Waals surface area contributed by atoms with Crippen LogP contribution < -0.4 is 21.5 Å². The van der Waals surface area contributed by atoms with Crippen LogP contribution in [-0.2, 0) is 11.3 Å². The van der Waals surface area contributed by atoms with Crippen molar-refractivity contribution in [2.45, 2.75) is 29.3 Å². The highest BCUT2D eigenvalue weighted by atomic mass is 32.2. The maximum Gasteiger partial charge on any atom is 0.411 e. The van der Waals surface area contributed by atoms with Crippen molar-refractivity contribution >= 4 is 34.7 Å². The third-order valence-electron chi connectivity index (χ3n) is 3.83. The molecular formula is C19H20N4O3S. The average Bonchev–Trinajstić information content (AvgIpc) is 2.96. The highest BCUT2D eigenvalue weighted by molar-refractivity contribution is 7.99. The minimum Gasteiger partial charge on any atom is -0.392 e. The summed E-state index contributed by atoms with van der Waals surface area (Å²) in [5.74, 6) is 0.0720. The number of nitrogens with one attached hydrogen (secondary N) is 2. The fourth-order valence-electron chi connectivity index (χ4n) is 2.53. The first-order valence-corrected chi connectivity index (χ1v) is 9.14. The van der Waals surface area contributed by atoms with Crippen LogP contribution in [0.1, 0.15) is 12.5 Å². The van der Waals surface area contributed by atoms with E-state index in [1.165, 1.54) is 11.8 Å². The van der Waals surface area contributed by atoms with Crippen LogP contribution in [-0.4, -0.2) is 23.0 Å². The van der Waals surface area contributed by atoms with Crippen LogP contribution in [0.25, 0.3) is 10.9 Å². The number of carbonyl (C=O) groups is 2. The van der Waals surface area contributed by atoms with E-state index in [9.17, 15) is 9.59 Å². The molecule has 1 atom stereocenters. The first-order chi connectivity index (χ1) is 12.9. The van der Waals surface area contributed by atoms with E-state index in [1.807, 2.05) is 48.5 Å². The zero-order valence-corrected chi connectivity index (χ0v) is 15.5. The lowest BCUT2D eigenvalue weighted by Gasteiger charge is -2.08. The molecule has 8 heteroatoms. The molecule has 140 valence electrons.